The van der Waals surface area contributed by atoms with Crippen LogP contribution in [0.1, 0.15) is 15.9 Å². The first kappa shape index (κ1) is 19.2. The number of ether oxygens (including phenoxy) is 3. The first-order chi connectivity index (χ1) is 13.5. The van der Waals surface area contributed by atoms with Crippen LogP contribution in [-0.2, 0) is 20.9 Å². The minimum Gasteiger partial charge on any atom is -0.454 e. The van der Waals surface area contributed by atoms with Crippen molar-refractivity contribution in [3.8, 4) is 11.5 Å². The summed E-state index contributed by atoms with van der Waals surface area (Å²) in [4.78, 5) is 35.4. The van der Waals surface area contributed by atoms with Crippen LogP contribution in [-0.4, -0.2) is 37.7 Å². The molecule has 0 unspecified atom stereocenters. The van der Waals surface area contributed by atoms with Gasteiger partial charge in [-0.3, -0.25) is 14.4 Å². The van der Waals surface area contributed by atoms with Gasteiger partial charge in [-0.05, 0) is 35.9 Å². The molecule has 1 aliphatic heterocycles. The second-order valence-corrected chi connectivity index (χ2v) is 5.81. The Morgan fingerprint density at radius 1 is 1.00 bits per heavy atom. The van der Waals surface area contributed by atoms with Gasteiger partial charge in [-0.15, -0.1) is 0 Å². The fraction of sp³-hybridized carbons (Fsp3) is 0.211. The Morgan fingerprint density at radius 3 is 2.54 bits per heavy atom. The van der Waals surface area contributed by atoms with E-state index in [1.165, 1.54) is 36.4 Å². The van der Waals surface area contributed by atoms with Gasteiger partial charge in [0.15, 0.2) is 18.1 Å². The summed E-state index contributed by atoms with van der Waals surface area (Å²) in [5.41, 5.74) is 1.01. The number of halogens is 1. The topological polar surface area (TPSA) is 103 Å². The largest absolute Gasteiger partial charge is 0.454 e. The zero-order valence-electron chi connectivity index (χ0n) is 14.7. The van der Waals surface area contributed by atoms with Gasteiger partial charge in [0.1, 0.15) is 12.4 Å². The highest BCUT2D eigenvalue weighted by atomic mass is 19.1. The molecule has 0 radical (unpaired) electrons. The van der Waals surface area contributed by atoms with E-state index in [9.17, 15) is 18.8 Å². The van der Waals surface area contributed by atoms with Crippen LogP contribution in [0.3, 0.4) is 0 Å². The van der Waals surface area contributed by atoms with Crippen LogP contribution in [0.2, 0.25) is 0 Å². The van der Waals surface area contributed by atoms with Crippen molar-refractivity contribution >= 4 is 17.8 Å². The number of hydrogen-bond donors (Lipinski definition) is 2. The molecular weight excluding hydrogens is 371 g/mol. The van der Waals surface area contributed by atoms with E-state index in [4.69, 9.17) is 14.2 Å². The summed E-state index contributed by atoms with van der Waals surface area (Å²) in [6.07, 6.45) is 0. The number of amides is 2. The molecule has 2 aromatic carbocycles. The highest BCUT2D eigenvalue weighted by Crippen LogP contribution is 2.32. The molecule has 1 heterocycles. The van der Waals surface area contributed by atoms with Crippen molar-refractivity contribution in [1.82, 2.24) is 10.6 Å². The summed E-state index contributed by atoms with van der Waals surface area (Å²) >= 11 is 0. The molecule has 2 aromatic rings. The number of nitrogens with one attached hydrogen (secondary N) is 2. The normalized spacial score (nSPS) is 11.6. The maximum absolute atomic E-state index is 12.8. The highest BCUT2D eigenvalue weighted by molar-refractivity contribution is 5.96. The number of carbonyl (C=O) groups excluding carboxylic acids is 3. The van der Waals surface area contributed by atoms with E-state index in [2.05, 4.69) is 10.6 Å². The average Bonchev–Trinajstić information content (AvgIpc) is 3.17. The Balaban J connectivity index is 1.36. The van der Waals surface area contributed by atoms with Crippen molar-refractivity contribution in [2.24, 2.45) is 0 Å². The van der Waals surface area contributed by atoms with Crippen LogP contribution < -0.4 is 20.1 Å². The SMILES string of the molecule is O=C(COC(=O)CNC(=O)c1ccc2c(c1)OCO2)NCc1ccc(F)cc1. The van der Waals surface area contributed by atoms with E-state index < -0.39 is 30.9 Å². The zero-order valence-corrected chi connectivity index (χ0v) is 14.7. The molecule has 146 valence electrons. The molecule has 0 aromatic heterocycles. The average molecular weight is 388 g/mol. The number of fused-ring (bicyclic) bond motifs is 1. The summed E-state index contributed by atoms with van der Waals surface area (Å²) in [6.45, 7) is -0.605. The Bertz CT molecular complexity index is 884. The third kappa shape index (κ3) is 5.19. The summed E-state index contributed by atoms with van der Waals surface area (Å²) in [6, 6.07) is 10.3. The molecule has 0 bridgehead atoms. The summed E-state index contributed by atoms with van der Waals surface area (Å²) in [5.74, 6) is -1.13. The lowest BCUT2D eigenvalue weighted by molar-refractivity contribution is -0.147. The van der Waals surface area contributed by atoms with Gasteiger partial charge in [0.25, 0.3) is 11.8 Å². The quantitative estimate of drug-likeness (QED) is 0.690. The Hall–Kier alpha value is -3.62. The van der Waals surface area contributed by atoms with Crippen molar-refractivity contribution in [3.63, 3.8) is 0 Å². The number of hydrogen-bond acceptors (Lipinski definition) is 6. The number of esters is 1. The van der Waals surface area contributed by atoms with Gasteiger partial charge in [-0.1, -0.05) is 12.1 Å². The van der Waals surface area contributed by atoms with Gasteiger partial charge in [0.05, 0.1) is 0 Å². The smallest absolute Gasteiger partial charge is 0.325 e. The Morgan fingerprint density at radius 2 is 1.75 bits per heavy atom. The molecule has 9 heteroatoms. The molecule has 0 atom stereocenters. The third-order valence-electron chi connectivity index (χ3n) is 3.80. The lowest BCUT2D eigenvalue weighted by Gasteiger charge is -2.08. The van der Waals surface area contributed by atoms with Crippen molar-refractivity contribution in [3.05, 3.63) is 59.4 Å². The minimum absolute atomic E-state index is 0.0932. The highest BCUT2D eigenvalue weighted by Gasteiger charge is 2.17. The lowest BCUT2D eigenvalue weighted by Crippen LogP contribution is -2.33. The van der Waals surface area contributed by atoms with Crippen LogP contribution in [0, 0.1) is 5.82 Å². The second kappa shape index (κ2) is 8.85. The van der Waals surface area contributed by atoms with E-state index in [0.717, 1.165) is 0 Å². The fourth-order valence-corrected chi connectivity index (χ4v) is 2.34. The van der Waals surface area contributed by atoms with E-state index in [-0.39, 0.29) is 19.2 Å². The van der Waals surface area contributed by atoms with Crippen molar-refractivity contribution in [2.75, 3.05) is 19.9 Å². The van der Waals surface area contributed by atoms with Gasteiger partial charge in [-0.2, -0.15) is 0 Å². The van der Waals surface area contributed by atoms with Gasteiger partial charge in [0, 0.05) is 12.1 Å². The molecule has 2 N–H and O–H groups in total. The lowest BCUT2D eigenvalue weighted by atomic mass is 10.2. The molecule has 0 saturated carbocycles. The first-order valence-electron chi connectivity index (χ1n) is 8.36. The predicted octanol–water partition coefficient (Wildman–Crippen LogP) is 1.14. The number of benzene rings is 2. The molecule has 28 heavy (non-hydrogen) atoms. The van der Waals surface area contributed by atoms with Crippen LogP contribution in [0.5, 0.6) is 11.5 Å². The van der Waals surface area contributed by atoms with Gasteiger partial charge in [0.2, 0.25) is 6.79 Å². The fourth-order valence-electron chi connectivity index (χ4n) is 2.34. The zero-order chi connectivity index (χ0) is 19.9. The molecule has 0 saturated heterocycles. The Labute approximate surface area is 159 Å². The second-order valence-electron chi connectivity index (χ2n) is 5.81. The molecule has 0 fully saturated rings. The van der Waals surface area contributed by atoms with Crippen LogP contribution in [0.25, 0.3) is 0 Å². The molecule has 8 nitrogen and oxygen atoms in total. The van der Waals surface area contributed by atoms with E-state index in [0.29, 0.717) is 22.6 Å². The summed E-state index contributed by atoms with van der Waals surface area (Å²) in [5, 5.41) is 4.94. The first-order valence-corrected chi connectivity index (χ1v) is 8.36. The molecule has 0 aliphatic carbocycles. The van der Waals surface area contributed by atoms with Crippen LogP contribution >= 0.6 is 0 Å². The minimum atomic E-state index is -0.758. The predicted molar refractivity (Wildman–Crippen MR) is 94.1 cm³/mol. The maximum Gasteiger partial charge on any atom is 0.325 e. The van der Waals surface area contributed by atoms with E-state index in [1.807, 2.05) is 0 Å². The Kier molecular flexibility index (Phi) is 6.05. The van der Waals surface area contributed by atoms with E-state index in [1.54, 1.807) is 6.07 Å². The molecule has 2 amide bonds. The molecule has 0 spiro atoms. The third-order valence-corrected chi connectivity index (χ3v) is 3.80. The number of rotatable bonds is 7. The monoisotopic (exact) mass is 388 g/mol. The van der Waals surface area contributed by atoms with Crippen molar-refractivity contribution in [1.29, 1.82) is 0 Å². The molecular formula is C19H17FN2O6. The maximum atomic E-state index is 12.8. The van der Waals surface area contributed by atoms with Gasteiger partial charge in [-0.25, -0.2) is 4.39 Å². The van der Waals surface area contributed by atoms with Crippen molar-refractivity contribution < 1.29 is 33.0 Å². The van der Waals surface area contributed by atoms with Gasteiger partial charge >= 0.3 is 5.97 Å². The molecule has 3 rings (SSSR count). The standard InChI is InChI=1S/C19H17FN2O6/c20-14-4-1-12(2-5-14)8-21-17(23)10-26-18(24)9-22-19(25)13-3-6-15-16(7-13)28-11-27-15/h1-7H,8-11H2,(H,21,23)(H,22,25). The van der Waals surface area contributed by atoms with Crippen molar-refractivity contribution in [2.45, 2.75) is 6.54 Å². The number of carbonyl (C=O) groups is 3. The summed E-state index contributed by atoms with van der Waals surface area (Å²) in [7, 11) is 0. The van der Waals surface area contributed by atoms with Crippen LogP contribution in [0.4, 0.5) is 4.39 Å². The van der Waals surface area contributed by atoms with Crippen LogP contribution in [0.15, 0.2) is 42.5 Å². The molecule has 1 aliphatic rings. The summed E-state index contributed by atoms with van der Waals surface area (Å²) < 4.78 is 27.9. The van der Waals surface area contributed by atoms with Gasteiger partial charge < -0.3 is 24.8 Å². The van der Waals surface area contributed by atoms with E-state index >= 15 is 0 Å².